The summed E-state index contributed by atoms with van der Waals surface area (Å²) in [4.78, 5) is 8.33. The van der Waals surface area contributed by atoms with Gasteiger partial charge in [0.2, 0.25) is 5.88 Å². The van der Waals surface area contributed by atoms with Gasteiger partial charge < -0.3 is 4.74 Å². The van der Waals surface area contributed by atoms with Crippen LogP contribution in [0.25, 0.3) is 10.9 Å². The van der Waals surface area contributed by atoms with E-state index < -0.39 is 0 Å². The van der Waals surface area contributed by atoms with Crippen LogP contribution >= 0.6 is 0 Å². The predicted octanol–water partition coefficient (Wildman–Crippen LogP) is 3.29. The second kappa shape index (κ2) is 4.75. The van der Waals surface area contributed by atoms with Crippen molar-refractivity contribution in [3.05, 3.63) is 60.4 Å². The van der Waals surface area contributed by atoms with Crippen molar-refractivity contribution in [2.75, 3.05) is 0 Å². The van der Waals surface area contributed by atoms with Gasteiger partial charge in [-0.1, -0.05) is 18.2 Å². The highest BCUT2D eigenvalue weighted by Gasteiger charge is 2.08. The van der Waals surface area contributed by atoms with Crippen LogP contribution in [0, 0.1) is 11.3 Å². The lowest BCUT2D eigenvalue weighted by molar-refractivity contribution is 0.461. The molecule has 0 saturated carbocycles. The monoisotopic (exact) mass is 247 g/mol. The molecular weight excluding hydrogens is 238 g/mol. The lowest BCUT2D eigenvalue weighted by atomic mass is 10.1. The molecule has 3 aromatic rings. The second-order valence-electron chi connectivity index (χ2n) is 3.94. The van der Waals surface area contributed by atoms with Crippen molar-refractivity contribution in [3.8, 4) is 17.7 Å². The van der Waals surface area contributed by atoms with Crippen molar-refractivity contribution in [2.24, 2.45) is 0 Å². The Morgan fingerprint density at radius 2 is 2.00 bits per heavy atom. The lowest BCUT2D eigenvalue weighted by Gasteiger charge is -2.07. The molecule has 19 heavy (non-hydrogen) atoms. The molecule has 4 nitrogen and oxygen atoms in total. The number of ether oxygens (including phenoxy) is 1. The third-order valence-corrected chi connectivity index (χ3v) is 2.66. The molecule has 0 aliphatic heterocycles. The van der Waals surface area contributed by atoms with Gasteiger partial charge in [-0.25, -0.2) is 4.98 Å². The number of aromatic nitrogens is 2. The number of nitrogens with zero attached hydrogens (tertiary/aromatic N) is 3. The van der Waals surface area contributed by atoms with E-state index >= 15 is 0 Å². The van der Waals surface area contributed by atoms with E-state index in [0.717, 1.165) is 10.9 Å². The number of rotatable bonds is 2. The first-order valence-electron chi connectivity index (χ1n) is 5.74. The van der Waals surface area contributed by atoms with E-state index in [1.807, 2.05) is 24.3 Å². The molecule has 0 radical (unpaired) electrons. The van der Waals surface area contributed by atoms with Crippen molar-refractivity contribution in [1.82, 2.24) is 9.97 Å². The Kier molecular flexibility index (Phi) is 2.79. The summed E-state index contributed by atoms with van der Waals surface area (Å²) in [5, 5.41) is 10.1. The average molecular weight is 247 g/mol. The second-order valence-corrected chi connectivity index (χ2v) is 3.94. The SMILES string of the molecule is N#Cc1cc2ccccc2nc1Oc1cccnc1. The van der Waals surface area contributed by atoms with Gasteiger partial charge in [0.15, 0.2) is 0 Å². The van der Waals surface area contributed by atoms with Crippen molar-refractivity contribution in [2.45, 2.75) is 0 Å². The molecule has 0 unspecified atom stereocenters. The molecule has 0 bridgehead atoms. The predicted molar refractivity (Wildman–Crippen MR) is 70.8 cm³/mol. The van der Waals surface area contributed by atoms with E-state index in [2.05, 4.69) is 16.0 Å². The third-order valence-electron chi connectivity index (χ3n) is 2.66. The Hall–Kier alpha value is -2.93. The molecule has 0 atom stereocenters. The van der Waals surface area contributed by atoms with Gasteiger partial charge in [-0.05, 0) is 24.3 Å². The van der Waals surface area contributed by atoms with Crippen LogP contribution in [0.15, 0.2) is 54.9 Å². The van der Waals surface area contributed by atoms with Crippen LogP contribution in [-0.4, -0.2) is 9.97 Å². The molecule has 0 spiro atoms. The third kappa shape index (κ3) is 2.22. The fraction of sp³-hybridized carbons (Fsp3) is 0. The van der Waals surface area contributed by atoms with Gasteiger partial charge in [0.1, 0.15) is 17.4 Å². The Labute approximate surface area is 109 Å². The highest BCUT2D eigenvalue weighted by atomic mass is 16.5. The Morgan fingerprint density at radius 3 is 2.79 bits per heavy atom. The number of nitriles is 1. The number of pyridine rings is 2. The largest absolute Gasteiger partial charge is 0.436 e. The molecule has 2 aromatic heterocycles. The highest BCUT2D eigenvalue weighted by molar-refractivity contribution is 5.80. The molecule has 0 fully saturated rings. The molecule has 2 heterocycles. The lowest BCUT2D eigenvalue weighted by Crippen LogP contribution is -1.93. The van der Waals surface area contributed by atoms with E-state index in [1.54, 1.807) is 30.6 Å². The molecule has 90 valence electrons. The standard InChI is InChI=1S/C15H9N3O/c16-9-12-8-11-4-1-2-6-14(11)18-15(12)19-13-5-3-7-17-10-13/h1-8,10H. The number of hydrogen-bond donors (Lipinski definition) is 0. The first-order valence-corrected chi connectivity index (χ1v) is 5.74. The molecule has 0 amide bonds. The van der Waals surface area contributed by atoms with Crippen LogP contribution in [0.1, 0.15) is 5.56 Å². The minimum Gasteiger partial charge on any atom is -0.436 e. The Morgan fingerprint density at radius 1 is 1.11 bits per heavy atom. The van der Waals surface area contributed by atoms with Crippen LogP contribution in [0.4, 0.5) is 0 Å². The molecule has 0 N–H and O–H groups in total. The fourth-order valence-corrected chi connectivity index (χ4v) is 1.78. The summed E-state index contributed by atoms with van der Waals surface area (Å²) in [6.07, 6.45) is 3.24. The number of para-hydroxylation sites is 1. The highest BCUT2D eigenvalue weighted by Crippen LogP contribution is 2.25. The summed E-state index contributed by atoms with van der Waals surface area (Å²) in [5.74, 6) is 0.857. The van der Waals surface area contributed by atoms with Crippen molar-refractivity contribution >= 4 is 10.9 Å². The van der Waals surface area contributed by atoms with Gasteiger partial charge in [-0.15, -0.1) is 0 Å². The van der Waals surface area contributed by atoms with Crippen LogP contribution < -0.4 is 4.74 Å². The summed E-state index contributed by atoms with van der Waals surface area (Å²) in [6.45, 7) is 0. The summed E-state index contributed by atoms with van der Waals surface area (Å²) in [7, 11) is 0. The van der Waals surface area contributed by atoms with E-state index in [-0.39, 0.29) is 0 Å². The van der Waals surface area contributed by atoms with Gasteiger partial charge in [0.05, 0.1) is 11.7 Å². The van der Waals surface area contributed by atoms with Gasteiger partial charge in [-0.3, -0.25) is 4.98 Å². The van der Waals surface area contributed by atoms with E-state index in [1.165, 1.54) is 0 Å². The molecule has 0 aliphatic carbocycles. The zero-order chi connectivity index (χ0) is 13.1. The van der Waals surface area contributed by atoms with Gasteiger partial charge in [0, 0.05) is 11.6 Å². The van der Waals surface area contributed by atoms with Crippen molar-refractivity contribution in [1.29, 1.82) is 5.26 Å². The average Bonchev–Trinajstić information content (AvgIpc) is 2.47. The van der Waals surface area contributed by atoms with Crippen LogP contribution in [-0.2, 0) is 0 Å². The van der Waals surface area contributed by atoms with E-state index in [9.17, 15) is 5.26 Å². The maximum Gasteiger partial charge on any atom is 0.237 e. The first-order chi connectivity index (χ1) is 9.36. The number of hydrogen-bond acceptors (Lipinski definition) is 4. The van der Waals surface area contributed by atoms with E-state index in [0.29, 0.717) is 17.2 Å². The van der Waals surface area contributed by atoms with Crippen LogP contribution in [0.3, 0.4) is 0 Å². The van der Waals surface area contributed by atoms with E-state index in [4.69, 9.17) is 4.74 Å². The van der Waals surface area contributed by atoms with Gasteiger partial charge in [-0.2, -0.15) is 5.26 Å². The molecule has 3 rings (SSSR count). The quantitative estimate of drug-likeness (QED) is 0.697. The summed E-state index contributed by atoms with van der Waals surface area (Å²) < 4.78 is 5.61. The number of benzene rings is 1. The minimum atomic E-state index is 0.300. The molecule has 1 aromatic carbocycles. The topological polar surface area (TPSA) is 58.8 Å². The minimum absolute atomic E-state index is 0.300. The normalized spacial score (nSPS) is 10.1. The van der Waals surface area contributed by atoms with Gasteiger partial charge in [0.25, 0.3) is 0 Å². The van der Waals surface area contributed by atoms with Crippen molar-refractivity contribution < 1.29 is 4.74 Å². The molecule has 4 heteroatoms. The zero-order valence-corrected chi connectivity index (χ0v) is 9.95. The molecule has 0 aliphatic rings. The molecule has 0 saturated heterocycles. The Balaban J connectivity index is 2.10. The maximum absolute atomic E-state index is 9.17. The summed E-state index contributed by atoms with van der Waals surface area (Å²) in [6, 6.07) is 15.0. The zero-order valence-electron chi connectivity index (χ0n) is 9.95. The smallest absolute Gasteiger partial charge is 0.237 e. The van der Waals surface area contributed by atoms with Gasteiger partial charge >= 0.3 is 0 Å². The number of fused-ring (bicyclic) bond motifs is 1. The molecular formula is C15H9N3O. The first kappa shape index (κ1) is 11.2. The Bertz CT molecular complexity index is 763. The van der Waals surface area contributed by atoms with Crippen LogP contribution in [0.2, 0.25) is 0 Å². The fourth-order valence-electron chi connectivity index (χ4n) is 1.78. The maximum atomic E-state index is 9.17. The summed E-state index contributed by atoms with van der Waals surface area (Å²) in [5.41, 5.74) is 1.20. The van der Waals surface area contributed by atoms with Crippen molar-refractivity contribution in [3.63, 3.8) is 0 Å². The summed E-state index contributed by atoms with van der Waals surface area (Å²) >= 11 is 0. The van der Waals surface area contributed by atoms with Crippen LogP contribution in [0.5, 0.6) is 11.6 Å².